The molecule has 176 valence electrons. The summed E-state index contributed by atoms with van der Waals surface area (Å²) in [7, 11) is 7.13. The van der Waals surface area contributed by atoms with E-state index in [0.29, 0.717) is 43.3 Å². The van der Waals surface area contributed by atoms with E-state index in [2.05, 4.69) is 0 Å². The van der Waals surface area contributed by atoms with E-state index in [1.807, 2.05) is 68.1 Å². The number of methoxy groups -OCH3 is 2. The SMILES string of the molecule is COCCN(CCOC)C1=C(c2ccc(C)c(C)c2)C(=O)N(c2ccc(N(C)C)cc2)C1=O. The van der Waals surface area contributed by atoms with Crippen molar-refractivity contribution >= 4 is 28.8 Å². The topological polar surface area (TPSA) is 62.3 Å². The largest absolute Gasteiger partial charge is 0.383 e. The number of hydrogen-bond acceptors (Lipinski definition) is 6. The normalized spacial score (nSPS) is 13.8. The molecule has 0 atom stereocenters. The van der Waals surface area contributed by atoms with Crippen molar-refractivity contribution in [3.05, 3.63) is 64.9 Å². The Hall–Kier alpha value is -3.16. The van der Waals surface area contributed by atoms with Crippen LogP contribution in [0.4, 0.5) is 11.4 Å². The van der Waals surface area contributed by atoms with Crippen LogP contribution < -0.4 is 9.80 Å². The molecule has 0 aliphatic carbocycles. The zero-order chi connectivity index (χ0) is 24.1. The van der Waals surface area contributed by atoms with Crippen LogP contribution in [0, 0.1) is 13.8 Å². The van der Waals surface area contributed by atoms with E-state index in [0.717, 1.165) is 22.4 Å². The highest BCUT2D eigenvalue weighted by atomic mass is 16.5. The van der Waals surface area contributed by atoms with Gasteiger partial charge in [-0.25, -0.2) is 4.90 Å². The molecule has 2 aromatic rings. The fourth-order valence-electron chi connectivity index (χ4n) is 3.84. The number of carbonyl (C=O) groups excluding carboxylic acids is 2. The Kier molecular flexibility index (Phi) is 7.89. The van der Waals surface area contributed by atoms with Gasteiger partial charge in [0.25, 0.3) is 11.8 Å². The first-order valence-corrected chi connectivity index (χ1v) is 11.0. The standard InChI is InChI=1S/C26H33N3O4/c1-18-7-8-20(17-19(18)2)23-24(28(13-15-32-5)14-16-33-6)26(31)29(25(23)30)22-11-9-21(10-12-22)27(3)4/h7-12,17H,13-16H2,1-6H3. The molecule has 0 bridgehead atoms. The number of imide groups is 1. The summed E-state index contributed by atoms with van der Waals surface area (Å²) in [6.45, 7) is 5.81. The van der Waals surface area contributed by atoms with Crippen LogP contribution in [0.3, 0.4) is 0 Å². The Morgan fingerprint density at radius 1 is 0.818 bits per heavy atom. The van der Waals surface area contributed by atoms with Crippen molar-refractivity contribution in [1.82, 2.24) is 4.90 Å². The predicted octanol–water partition coefficient (Wildman–Crippen LogP) is 3.25. The minimum absolute atomic E-state index is 0.323. The number of ether oxygens (including phenoxy) is 2. The Balaban J connectivity index is 2.12. The zero-order valence-electron chi connectivity index (χ0n) is 20.3. The Morgan fingerprint density at radius 3 is 1.94 bits per heavy atom. The van der Waals surface area contributed by atoms with Gasteiger partial charge in [-0.2, -0.15) is 0 Å². The van der Waals surface area contributed by atoms with Gasteiger partial charge in [0.2, 0.25) is 0 Å². The smallest absolute Gasteiger partial charge is 0.282 e. The fourth-order valence-corrected chi connectivity index (χ4v) is 3.84. The summed E-state index contributed by atoms with van der Waals surface area (Å²) in [6, 6.07) is 13.3. The van der Waals surface area contributed by atoms with Gasteiger partial charge in [-0.1, -0.05) is 18.2 Å². The Bertz CT molecular complexity index is 1040. The van der Waals surface area contributed by atoms with E-state index in [-0.39, 0.29) is 11.8 Å². The molecule has 7 heteroatoms. The van der Waals surface area contributed by atoms with Crippen LogP contribution in [0.15, 0.2) is 48.2 Å². The van der Waals surface area contributed by atoms with Gasteiger partial charge >= 0.3 is 0 Å². The zero-order valence-corrected chi connectivity index (χ0v) is 20.3. The lowest BCUT2D eigenvalue weighted by molar-refractivity contribution is -0.120. The van der Waals surface area contributed by atoms with Gasteiger partial charge in [-0.15, -0.1) is 0 Å². The first-order chi connectivity index (χ1) is 15.8. The number of rotatable bonds is 10. The van der Waals surface area contributed by atoms with E-state index >= 15 is 0 Å². The second kappa shape index (κ2) is 10.6. The van der Waals surface area contributed by atoms with Gasteiger partial charge in [0.15, 0.2) is 0 Å². The summed E-state index contributed by atoms with van der Waals surface area (Å²) >= 11 is 0. The molecule has 0 N–H and O–H groups in total. The first-order valence-electron chi connectivity index (χ1n) is 11.0. The molecule has 0 fully saturated rings. The lowest BCUT2D eigenvalue weighted by atomic mass is 9.99. The molecular weight excluding hydrogens is 418 g/mol. The van der Waals surface area contributed by atoms with Crippen LogP contribution in [0.1, 0.15) is 16.7 Å². The lowest BCUT2D eigenvalue weighted by Gasteiger charge is -2.26. The minimum atomic E-state index is -0.335. The molecule has 0 aromatic heterocycles. The fraction of sp³-hybridized carbons (Fsp3) is 0.385. The summed E-state index contributed by atoms with van der Waals surface area (Å²) in [6.07, 6.45) is 0. The molecular formula is C26H33N3O4. The molecule has 33 heavy (non-hydrogen) atoms. The van der Waals surface area contributed by atoms with Crippen molar-refractivity contribution < 1.29 is 19.1 Å². The minimum Gasteiger partial charge on any atom is -0.383 e. The van der Waals surface area contributed by atoms with Crippen LogP contribution in [0.2, 0.25) is 0 Å². The molecule has 0 unspecified atom stereocenters. The van der Waals surface area contributed by atoms with Crippen LogP contribution >= 0.6 is 0 Å². The van der Waals surface area contributed by atoms with Gasteiger partial charge in [0.05, 0.1) is 24.5 Å². The molecule has 0 saturated carbocycles. The number of anilines is 2. The van der Waals surface area contributed by atoms with Crippen molar-refractivity contribution in [3.8, 4) is 0 Å². The third kappa shape index (κ3) is 5.10. The van der Waals surface area contributed by atoms with Crippen LogP contribution in [-0.4, -0.2) is 71.3 Å². The van der Waals surface area contributed by atoms with E-state index in [9.17, 15) is 9.59 Å². The summed E-state index contributed by atoms with van der Waals surface area (Å²) in [4.78, 5) is 32.6. The van der Waals surface area contributed by atoms with E-state index in [1.165, 1.54) is 4.90 Å². The van der Waals surface area contributed by atoms with Crippen molar-refractivity contribution in [2.24, 2.45) is 0 Å². The molecule has 0 radical (unpaired) electrons. The van der Waals surface area contributed by atoms with Crippen LogP contribution in [-0.2, 0) is 19.1 Å². The highest BCUT2D eigenvalue weighted by molar-refractivity contribution is 6.45. The quantitative estimate of drug-likeness (QED) is 0.517. The second-order valence-electron chi connectivity index (χ2n) is 8.35. The van der Waals surface area contributed by atoms with Crippen molar-refractivity contribution in [2.45, 2.75) is 13.8 Å². The lowest BCUT2D eigenvalue weighted by Crippen LogP contribution is -2.37. The van der Waals surface area contributed by atoms with Gasteiger partial charge in [-0.05, 0) is 54.8 Å². The van der Waals surface area contributed by atoms with Crippen LogP contribution in [0.5, 0.6) is 0 Å². The number of amides is 2. The van der Waals surface area contributed by atoms with Gasteiger partial charge in [0, 0.05) is 47.1 Å². The van der Waals surface area contributed by atoms with Gasteiger partial charge < -0.3 is 19.3 Å². The Morgan fingerprint density at radius 2 is 1.42 bits per heavy atom. The summed E-state index contributed by atoms with van der Waals surface area (Å²) in [5, 5.41) is 0. The molecule has 1 aliphatic rings. The molecule has 0 saturated heterocycles. The number of hydrogen-bond donors (Lipinski definition) is 0. The second-order valence-corrected chi connectivity index (χ2v) is 8.35. The highest BCUT2D eigenvalue weighted by Crippen LogP contribution is 2.35. The third-order valence-electron chi connectivity index (χ3n) is 5.93. The van der Waals surface area contributed by atoms with Gasteiger partial charge in [0.1, 0.15) is 5.70 Å². The van der Waals surface area contributed by atoms with Crippen molar-refractivity contribution in [3.63, 3.8) is 0 Å². The molecule has 0 spiro atoms. The monoisotopic (exact) mass is 451 g/mol. The number of aryl methyl sites for hydroxylation is 2. The molecule has 2 amide bonds. The first kappa shape index (κ1) is 24.5. The maximum absolute atomic E-state index is 13.8. The summed E-state index contributed by atoms with van der Waals surface area (Å²) in [5.41, 5.74) is 5.26. The summed E-state index contributed by atoms with van der Waals surface area (Å²) < 4.78 is 10.6. The van der Waals surface area contributed by atoms with Gasteiger partial charge in [-0.3, -0.25) is 9.59 Å². The molecule has 7 nitrogen and oxygen atoms in total. The number of carbonyl (C=O) groups is 2. The van der Waals surface area contributed by atoms with E-state index in [1.54, 1.807) is 26.4 Å². The summed E-state index contributed by atoms with van der Waals surface area (Å²) in [5.74, 6) is -0.659. The third-order valence-corrected chi connectivity index (χ3v) is 5.93. The average molecular weight is 452 g/mol. The predicted molar refractivity (Wildman–Crippen MR) is 131 cm³/mol. The maximum Gasteiger partial charge on any atom is 0.282 e. The highest BCUT2D eigenvalue weighted by Gasteiger charge is 2.42. The molecule has 2 aromatic carbocycles. The average Bonchev–Trinajstić information content (AvgIpc) is 3.06. The molecule has 1 aliphatic heterocycles. The molecule has 3 rings (SSSR count). The molecule has 1 heterocycles. The maximum atomic E-state index is 13.8. The van der Waals surface area contributed by atoms with Crippen LogP contribution in [0.25, 0.3) is 5.57 Å². The van der Waals surface area contributed by atoms with Crippen molar-refractivity contribution in [1.29, 1.82) is 0 Å². The van der Waals surface area contributed by atoms with E-state index < -0.39 is 0 Å². The number of nitrogens with zero attached hydrogens (tertiary/aromatic N) is 3. The Labute approximate surface area is 196 Å². The van der Waals surface area contributed by atoms with E-state index in [4.69, 9.17) is 9.47 Å². The van der Waals surface area contributed by atoms with Crippen molar-refractivity contribution in [2.75, 3.05) is 64.4 Å². The number of benzene rings is 2.